The fourth-order valence-electron chi connectivity index (χ4n) is 10.9. The summed E-state index contributed by atoms with van der Waals surface area (Å²) < 4.78 is 68.3. The molecule has 0 amide bonds. The van der Waals surface area contributed by atoms with E-state index in [1.165, 1.54) is 186 Å². The molecule has 91 heavy (non-hydrogen) atoms. The van der Waals surface area contributed by atoms with Gasteiger partial charge in [-0.1, -0.05) is 318 Å². The van der Waals surface area contributed by atoms with E-state index in [9.17, 15) is 43.2 Å². The summed E-state index contributed by atoms with van der Waals surface area (Å²) in [6.45, 7) is 9.58. The number of ether oxygens (including phenoxy) is 4. The summed E-state index contributed by atoms with van der Waals surface area (Å²) in [4.78, 5) is 72.5. The zero-order valence-corrected chi connectivity index (χ0v) is 60.9. The summed E-state index contributed by atoms with van der Waals surface area (Å²) in [5.41, 5.74) is 0. The van der Waals surface area contributed by atoms with Crippen LogP contribution in [-0.4, -0.2) is 96.7 Å². The van der Waals surface area contributed by atoms with Gasteiger partial charge in [-0.05, 0) is 37.5 Å². The van der Waals surface area contributed by atoms with E-state index in [4.69, 9.17) is 37.0 Å². The number of esters is 4. The summed E-state index contributed by atoms with van der Waals surface area (Å²) in [7, 11) is -9.90. The normalized spacial score (nSPS) is 14.4. The van der Waals surface area contributed by atoms with Gasteiger partial charge in [0.15, 0.2) is 12.2 Å². The van der Waals surface area contributed by atoms with E-state index < -0.39 is 97.5 Å². The van der Waals surface area contributed by atoms with Gasteiger partial charge in [-0.2, -0.15) is 0 Å². The maximum Gasteiger partial charge on any atom is 0.472 e. The highest BCUT2D eigenvalue weighted by Crippen LogP contribution is 2.45. The molecule has 540 valence electrons. The molecule has 0 aromatic carbocycles. The first-order valence-corrected chi connectivity index (χ1v) is 40.5. The number of rotatable bonds is 71. The maximum absolute atomic E-state index is 13.0. The van der Waals surface area contributed by atoms with Gasteiger partial charge in [0, 0.05) is 25.7 Å². The number of phosphoric acid groups is 2. The molecule has 0 aliphatic rings. The summed E-state index contributed by atoms with van der Waals surface area (Å²) in [6, 6.07) is 0. The van der Waals surface area contributed by atoms with Crippen LogP contribution in [0.2, 0.25) is 0 Å². The Labute approximate surface area is 556 Å². The molecular weight excluding hydrogens is 1200 g/mol. The van der Waals surface area contributed by atoms with Crippen LogP contribution in [0, 0.1) is 11.8 Å². The van der Waals surface area contributed by atoms with Crippen molar-refractivity contribution in [3.63, 3.8) is 0 Å². The SMILES string of the molecule is CCCCCCCCCCCCCC(=O)O[C@H](COC(=O)CCCCCCCCCCC)COP(=O)(O)OC[C@H](O)COP(=O)(O)OC[C@@H](COC(=O)CCCCCCCCCCC(C)CC)OC(=O)CCCCCCCCCCCCCCCCCCC(C)C. The standard InChI is InChI=1S/C72H140O17P2/c1-7-10-12-14-16-18-25-30-38-44-50-56-71(76)88-67(60-82-69(74)54-48-42-36-28-17-15-13-11-8-2)62-86-90(78,79)84-58-66(73)59-85-91(80,81)87-63-68(61-83-70(75)55-49-43-37-33-32-35-41-47-53-65(6)9-3)89-72(77)57-51-45-39-31-27-24-22-20-19-21-23-26-29-34-40-46-52-64(4)5/h64-68,73H,7-63H2,1-6H3,(H,78,79)(H,80,81)/t65?,66-,67+,68+/m0/s1. The average molecular weight is 1340 g/mol. The van der Waals surface area contributed by atoms with Crippen LogP contribution in [0.1, 0.15) is 369 Å². The van der Waals surface area contributed by atoms with Gasteiger partial charge in [-0.3, -0.25) is 37.3 Å². The molecule has 0 radical (unpaired) electrons. The molecule has 0 aliphatic carbocycles. The van der Waals surface area contributed by atoms with Crippen molar-refractivity contribution < 1.29 is 80.2 Å². The Morgan fingerprint density at radius 2 is 0.560 bits per heavy atom. The Morgan fingerprint density at radius 1 is 0.319 bits per heavy atom. The Balaban J connectivity index is 5.21. The molecule has 6 atom stereocenters. The van der Waals surface area contributed by atoms with Crippen molar-refractivity contribution in [2.24, 2.45) is 11.8 Å². The van der Waals surface area contributed by atoms with E-state index in [0.717, 1.165) is 102 Å². The minimum Gasteiger partial charge on any atom is -0.462 e. The number of aliphatic hydroxyl groups excluding tert-OH is 1. The molecule has 0 saturated carbocycles. The molecule has 0 fully saturated rings. The van der Waals surface area contributed by atoms with E-state index in [1.807, 2.05) is 0 Å². The molecule has 0 heterocycles. The molecule has 0 saturated heterocycles. The predicted molar refractivity (Wildman–Crippen MR) is 368 cm³/mol. The zero-order chi connectivity index (χ0) is 67.2. The number of hydrogen-bond donors (Lipinski definition) is 3. The van der Waals surface area contributed by atoms with Crippen LogP contribution in [0.5, 0.6) is 0 Å². The fraction of sp³-hybridized carbons (Fsp3) is 0.944. The monoisotopic (exact) mass is 1340 g/mol. The molecule has 19 heteroatoms. The van der Waals surface area contributed by atoms with Gasteiger partial charge in [0.2, 0.25) is 0 Å². The Bertz CT molecular complexity index is 1770. The largest absolute Gasteiger partial charge is 0.472 e. The number of unbranched alkanes of at least 4 members (excludes halogenated alkanes) is 40. The highest BCUT2D eigenvalue weighted by molar-refractivity contribution is 7.47. The van der Waals surface area contributed by atoms with Crippen LogP contribution < -0.4 is 0 Å². The first-order chi connectivity index (χ1) is 43.9. The minimum atomic E-state index is -4.95. The van der Waals surface area contributed by atoms with Crippen LogP contribution in [0.15, 0.2) is 0 Å². The molecule has 0 aromatic heterocycles. The van der Waals surface area contributed by atoms with Crippen molar-refractivity contribution in [2.75, 3.05) is 39.6 Å². The molecule has 0 rings (SSSR count). The maximum atomic E-state index is 13.0. The average Bonchev–Trinajstić information content (AvgIpc) is 3.68. The second kappa shape index (κ2) is 64.1. The van der Waals surface area contributed by atoms with Gasteiger partial charge in [-0.25, -0.2) is 9.13 Å². The minimum absolute atomic E-state index is 0.107. The fourth-order valence-corrected chi connectivity index (χ4v) is 12.5. The number of carbonyl (C=O) groups is 4. The van der Waals surface area contributed by atoms with Crippen LogP contribution in [0.3, 0.4) is 0 Å². The highest BCUT2D eigenvalue weighted by Gasteiger charge is 2.30. The van der Waals surface area contributed by atoms with Gasteiger partial charge in [-0.15, -0.1) is 0 Å². The summed E-state index contributed by atoms with van der Waals surface area (Å²) >= 11 is 0. The summed E-state index contributed by atoms with van der Waals surface area (Å²) in [5, 5.41) is 10.6. The summed E-state index contributed by atoms with van der Waals surface area (Å²) in [6.07, 6.45) is 49.9. The lowest BCUT2D eigenvalue weighted by Crippen LogP contribution is -2.30. The molecular formula is C72H140O17P2. The number of hydrogen-bond acceptors (Lipinski definition) is 15. The second-order valence-electron chi connectivity index (χ2n) is 26.7. The second-order valence-corrected chi connectivity index (χ2v) is 29.6. The summed E-state index contributed by atoms with van der Waals surface area (Å²) in [5.74, 6) is -0.535. The third-order valence-corrected chi connectivity index (χ3v) is 19.0. The molecule has 0 bridgehead atoms. The topological polar surface area (TPSA) is 237 Å². The van der Waals surface area contributed by atoms with Crippen LogP contribution in [-0.2, 0) is 65.4 Å². The van der Waals surface area contributed by atoms with Crippen molar-refractivity contribution in [3.05, 3.63) is 0 Å². The first-order valence-electron chi connectivity index (χ1n) is 37.5. The van der Waals surface area contributed by atoms with E-state index in [0.29, 0.717) is 25.7 Å². The number of phosphoric ester groups is 2. The van der Waals surface area contributed by atoms with Crippen LogP contribution in [0.4, 0.5) is 0 Å². The van der Waals surface area contributed by atoms with E-state index >= 15 is 0 Å². The zero-order valence-electron chi connectivity index (χ0n) is 59.1. The molecule has 0 spiro atoms. The van der Waals surface area contributed by atoms with E-state index in [2.05, 4.69) is 41.5 Å². The van der Waals surface area contributed by atoms with Gasteiger partial charge in [0.1, 0.15) is 19.3 Å². The lowest BCUT2D eigenvalue weighted by atomic mass is 9.99. The van der Waals surface area contributed by atoms with Gasteiger partial charge in [0.05, 0.1) is 26.4 Å². The van der Waals surface area contributed by atoms with E-state index in [1.54, 1.807) is 0 Å². The van der Waals surface area contributed by atoms with Gasteiger partial charge < -0.3 is 33.8 Å². The highest BCUT2D eigenvalue weighted by atomic mass is 31.2. The van der Waals surface area contributed by atoms with Crippen molar-refractivity contribution in [3.8, 4) is 0 Å². The molecule has 17 nitrogen and oxygen atoms in total. The smallest absolute Gasteiger partial charge is 0.462 e. The lowest BCUT2D eigenvalue weighted by Gasteiger charge is -2.21. The van der Waals surface area contributed by atoms with E-state index in [-0.39, 0.29) is 25.7 Å². The Kier molecular flexibility index (Phi) is 62.7. The molecule has 0 aromatic rings. The molecule has 0 aliphatic heterocycles. The van der Waals surface area contributed by atoms with Crippen molar-refractivity contribution in [1.82, 2.24) is 0 Å². The molecule has 3 unspecified atom stereocenters. The number of carbonyl (C=O) groups excluding carboxylic acids is 4. The van der Waals surface area contributed by atoms with Crippen LogP contribution in [0.25, 0.3) is 0 Å². The van der Waals surface area contributed by atoms with Crippen molar-refractivity contribution in [1.29, 1.82) is 0 Å². The quantitative estimate of drug-likeness (QED) is 0.0222. The van der Waals surface area contributed by atoms with Crippen molar-refractivity contribution in [2.45, 2.75) is 387 Å². The predicted octanol–water partition coefficient (Wildman–Crippen LogP) is 20.8. The van der Waals surface area contributed by atoms with Gasteiger partial charge >= 0.3 is 39.5 Å². The van der Waals surface area contributed by atoms with Crippen molar-refractivity contribution >= 4 is 39.5 Å². The Morgan fingerprint density at radius 3 is 0.835 bits per heavy atom. The van der Waals surface area contributed by atoms with Crippen LogP contribution >= 0.6 is 15.6 Å². The third kappa shape index (κ3) is 65.1. The molecule has 3 N–H and O–H groups in total. The lowest BCUT2D eigenvalue weighted by molar-refractivity contribution is -0.161. The first kappa shape index (κ1) is 89.1. The third-order valence-electron chi connectivity index (χ3n) is 17.1. The number of aliphatic hydroxyl groups is 1. The van der Waals surface area contributed by atoms with Gasteiger partial charge in [0.25, 0.3) is 0 Å². The Hall–Kier alpha value is -1.94.